The molecule has 1 fully saturated rings. The SMILES string of the molecule is O=S(=O)(c1cccnc1)N(CCCl)C1CCC1. The maximum atomic E-state index is 12.4. The summed E-state index contributed by atoms with van der Waals surface area (Å²) in [4.78, 5) is 4.11. The number of sulfonamides is 1. The Bertz CT molecular complexity index is 460. The zero-order valence-electron chi connectivity index (χ0n) is 9.42. The molecular weight excluding hydrogens is 260 g/mol. The highest BCUT2D eigenvalue weighted by Gasteiger charge is 2.34. The molecule has 0 aliphatic heterocycles. The predicted molar refractivity (Wildman–Crippen MR) is 66.5 cm³/mol. The van der Waals surface area contributed by atoms with E-state index in [0.717, 1.165) is 19.3 Å². The molecule has 2 rings (SSSR count). The molecule has 0 bridgehead atoms. The Balaban J connectivity index is 2.28. The maximum absolute atomic E-state index is 12.4. The van der Waals surface area contributed by atoms with E-state index < -0.39 is 10.0 Å². The standard InChI is InChI=1S/C11H15ClN2O2S/c12-6-8-14(10-3-1-4-10)17(15,16)11-5-2-7-13-9-11/h2,5,7,9-10H,1,3-4,6,8H2. The Morgan fingerprint density at radius 3 is 2.71 bits per heavy atom. The minimum Gasteiger partial charge on any atom is -0.263 e. The van der Waals surface area contributed by atoms with Gasteiger partial charge in [0.2, 0.25) is 10.0 Å². The Kier molecular flexibility index (Phi) is 4.01. The average Bonchev–Trinajstić information content (AvgIpc) is 2.27. The molecule has 4 nitrogen and oxygen atoms in total. The molecule has 0 unspecified atom stereocenters. The number of nitrogens with zero attached hydrogens (tertiary/aromatic N) is 2. The van der Waals surface area contributed by atoms with Crippen LogP contribution in [0.25, 0.3) is 0 Å². The highest BCUT2D eigenvalue weighted by atomic mass is 35.5. The van der Waals surface area contributed by atoms with Gasteiger partial charge in [0.05, 0.1) is 0 Å². The van der Waals surface area contributed by atoms with Crippen molar-refractivity contribution in [3.8, 4) is 0 Å². The van der Waals surface area contributed by atoms with Crippen LogP contribution in [0, 0.1) is 0 Å². The van der Waals surface area contributed by atoms with E-state index in [4.69, 9.17) is 11.6 Å². The molecule has 0 radical (unpaired) electrons. The van der Waals surface area contributed by atoms with Gasteiger partial charge in [-0.05, 0) is 25.0 Å². The van der Waals surface area contributed by atoms with E-state index in [-0.39, 0.29) is 10.9 Å². The summed E-state index contributed by atoms with van der Waals surface area (Å²) in [6.07, 6.45) is 5.89. The van der Waals surface area contributed by atoms with E-state index >= 15 is 0 Å². The van der Waals surface area contributed by atoms with Gasteiger partial charge in [0, 0.05) is 30.9 Å². The number of hydrogen-bond donors (Lipinski definition) is 0. The van der Waals surface area contributed by atoms with Crippen molar-refractivity contribution < 1.29 is 8.42 Å². The van der Waals surface area contributed by atoms with Crippen LogP contribution in [0.3, 0.4) is 0 Å². The smallest absolute Gasteiger partial charge is 0.244 e. The largest absolute Gasteiger partial charge is 0.263 e. The zero-order chi connectivity index (χ0) is 12.3. The van der Waals surface area contributed by atoms with Crippen LogP contribution in [-0.4, -0.2) is 36.2 Å². The normalized spacial score (nSPS) is 17.1. The van der Waals surface area contributed by atoms with Crippen LogP contribution in [0.15, 0.2) is 29.4 Å². The van der Waals surface area contributed by atoms with Crippen molar-refractivity contribution in [1.29, 1.82) is 0 Å². The van der Waals surface area contributed by atoms with E-state index in [0.29, 0.717) is 12.4 Å². The van der Waals surface area contributed by atoms with Crippen LogP contribution in [0.5, 0.6) is 0 Å². The van der Waals surface area contributed by atoms with Gasteiger partial charge in [-0.25, -0.2) is 8.42 Å². The topological polar surface area (TPSA) is 50.3 Å². The third kappa shape index (κ3) is 2.61. The number of aromatic nitrogens is 1. The van der Waals surface area contributed by atoms with Crippen LogP contribution in [-0.2, 0) is 10.0 Å². The lowest BCUT2D eigenvalue weighted by Gasteiger charge is -2.36. The molecule has 17 heavy (non-hydrogen) atoms. The lowest BCUT2D eigenvalue weighted by atomic mass is 9.93. The van der Waals surface area contributed by atoms with Gasteiger partial charge in [0.1, 0.15) is 4.90 Å². The average molecular weight is 275 g/mol. The summed E-state index contributed by atoms with van der Waals surface area (Å²) < 4.78 is 26.3. The summed E-state index contributed by atoms with van der Waals surface area (Å²) in [7, 11) is -3.44. The highest BCUT2D eigenvalue weighted by Crippen LogP contribution is 2.29. The van der Waals surface area contributed by atoms with Gasteiger partial charge in [-0.1, -0.05) is 6.42 Å². The van der Waals surface area contributed by atoms with Crippen LogP contribution < -0.4 is 0 Å². The van der Waals surface area contributed by atoms with Gasteiger partial charge >= 0.3 is 0 Å². The maximum Gasteiger partial charge on any atom is 0.244 e. The van der Waals surface area contributed by atoms with Crippen molar-refractivity contribution in [3.05, 3.63) is 24.5 Å². The molecule has 94 valence electrons. The molecule has 6 heteroatoms. The predicted octanol–water partition coefficient (Wildman–Crippen LogP) is 1.86. The van der Waals surface area contributed by atoms with E-state index in [9.17, 15) is 8.42 Å². The number of hydrogen-bond acceptors (Lipinski definition) is 3. The molecule has 1 heterocycles. The molecule has 1 aromatic heterocycles. The Morgan fingerprint density at radius 1 is 1.47 bits per heavy atom. The van der Waals surface area contributed by atoms with Gasteiger partial charge in [-0.15, -0.1) is 11.6 Å². The Hall–Kier alpha value is -0.650. The van der Waals surface area contributed by atoms with Gasteiger partial charge in [-0.2, -0.15) is 4.31 Å². The first-order chi connectivity index (χ1) is 8.16. The zero-order valence-corrected chi connectivity index (χ0v) is 11.0. The first-order valence-electron chi connectivity index (χ1n) is 5.64. The van der Waals surface area contributed by atoms with E-state index in [1.54, 1.807) is 18.3 Å². The molecule has 0 N–H and O–H groups in total. The molecule has 1 aliphatic carbocycles. The molecular formula is C11H15ClN2O2S. The number of alkyl halides is 1. The lowest BCUT2D eigenvalue weighted by Crippen LogP contribution is -2.45. The monoisotopic (exact) mass is 274 g/mol. The minimum atomic E-state index is -3.44. The third-order valence-corrected chi connectivity index (χ3v) is 5.13. The van der Waals surface area contributed by atoms with Gasteiger partial charge < -0.3 is 0 Å². The molecule has 1 saturated carbocycles. The van der Waals surface area contributed by atoms with E-state index in [2.05, 4.69) is 4.98 Å². The highest BCUT2D eigenvalue weighted by molar-refractivity contribution is 7.89. The first-order valence-corrected chi connectivity index (χ1v) is 7.61. The summed E-state index contributed by atoms with van der Waals surface area (Å²) in [5.74, 6) is 0.315. The van der Waals surface area contributed by atoms with Crippen molar-refractivity contribution in [2.45, 2.75) is 30.2 Å². The van der Waals surface area contributed by atoms with Gasteiger partial charge in [-0.3, -0.25) is 4.98 Å². The second kappa shape index (κ2) is 5.33. The van der Waals surface area contributed by atoms with Crippen molar-refractivity contribution in [3.63, 3.8) is 0 Å². The lowest BCUT2D eigenvalue weighted by molar-refractivity contribution is 0.227. The number of pyridine rings is 1. The summed E-state index contributed by atoms with van der Waals surface area (Å²) >= 11 is 5.69. The van der Waals surface area contributed by atoms with Crippen molar-refractivity contribution in [2.75, 3.05) is 12.4 Å². The van der Waals surface area contributed by atoms with Crippen LogP contribution >= 0.6 is 11.6 Å². The van der Waals surface area contributed by atoms with E-state index in [1.807, 2.05) is 0 Å². The molecule has 0 saturated heterocycles. The summed E-state index contributed by atoms with van der Waals surface area (Å²) in [6.45, 7) is 0.365. The van der Waals surface area contributed by atoms with Gasteiger partial charge in [0.15, 0.2) is 0 Å². The molecule has 0 spiro atoms. The molecule has 1 aliphatic rings. The second-order valence-corrected chi connectivity index (χ2v) is 6.35. The quantitative estimate of drug-likeness (QED) is 0.770. The summed E-state index contributed by atoms with van der Waals surface area (Å²) in [5, 5.41) is 0. The fourth-order valence-electron chi connectivity index (χ4n) is 1.89. The third-order valence-electron chi connectivity index (χ3n) is 3.03. The number of halogens is 1. The summed E-state index contributed by atoms with van der Waals surface area (Å²) in [6, 6.07) is 3.31. The fraction of sp³-hybridized carbons (Fsp3) is 0.545. The van der Waals surface area contributed by atoms with Crippen LogP contribution in [0.2, 0.25) is 0 Å². The minimum absolute atomic E-state index is 0.110. The summed E-state index contributed by atoms with van der Waals surface area (Å²) in [5.41, 5.74) is 0. The molecule has 1 aromatic rings. The fourth-order valence-corrected chi connectivity index (χ4v) is 3.82. The van der Waals surface area contributed by atoms with Gasteiger partial charge in [0.25, 0.3) is 0 Å². The molecule has 0 amide bonds. The first kappa shape index (κ1) is 12.8. The van der Waals surface area contributed by atoms with Crippen molar-refractivity contribution >= 4 is 21.6 Å². The Labute approximate surface area is 107 Å². The van der Waals surface area contributed by atoms with Crippen molar-refractivity contribution in [2.24, 2.45) is 0 Å². The van der Waals surface area contributed by atoms with E-state index in [1.165, 1.54) is 10.5 Å². The molecule has 0 aromatic carbocycles. The Morgan fingerprint density at radius 2 is 2.24 bits per heavy atom. The van der Waals surface area contributed by atoms with Crippen LogP contribution in [0.1, 0.15) is 19.3 Å². The molecule has 0 atom stereocenters. The van der Waals surface area contributed by atoms with Crippen LogP contribution in [0.4, 0.5) is 0 Å². The number of rotatable bonds is 5. The van der Waals surface area contributed by atoms with Crippen molar-refractivity contribution in [1.82, 2.24) is 9.29 Å². The second-order valence-electron chi connectivity index (χ2n) is 4.08.